The minimum Gasteiger partial charge on any atom is -0.396 e. The molecule has 3 nitrogen and oxygen atoms in total. The van der Waals surface area contributed by atoms with Gasteiger partial charge in [0, 0.05) is 37.5 Å². The van der Waals surface area contributed by atoms with E-state index in [1.807, 2.05) is 12.1 Å². The number of hydrogen-bond acceptors (Lipinski definition) is 3. The Labute approximate surface area is 88.3 Å². The molecule has 4 heteroatoms. The highest BCUT2D eigenvalue weighted by Gasteiger charge is 2.21. The molecule has 76 valence electrons. The molecule has 0 spiro atoms. The van der Waals surface area contributed by atoms with Crippen molar-refractivity contribution in [3.63, 3.8) is 0 Å². The molecule has 1 aliphatic heterocycles. The van der Waals surface area contributed by atoms with Crippen molar-refractivity contribution >= 4 is 17.3 Å². The van der Waals surface area contributed by atoms with Gasteiger partial charge in [-0.1, -0.05) is 11.6 Å². The highest BCUT2D eigenvalue weighted by molar-refractivity contribution is 6.29. The van der Waals surface area contributed by atoms with Crippen molar-refractivity contribution < 1.29 is 5.11 Å². The van der Waals surface area contributed by atoms with Gasteiger partial charge in [-0.05, 0) is 18.6 Å². The van der Waals surface area contributed by atoms with E-state index < -0.39 is 0 Å². The Bertz CT molecular complexity index is 319. The van der Waals surface area contributed by atoms with E-state index in [-0.39, 0.29) is 6.61 Å². The molecule has 0 radical (unpaired) electrons. The smallest absolute Gasteiger partial charge is 0.131 e. The zero-order chi connectivity index (χ0) is 9.97. The van der Waals surface area contributed by atoms with Gasteiger partial charge >= 0.3 is 0 Å². The predicted molar refractivity (Wildman–Crippen MR) is 56.7 cm³/mol. The Morgan fingerprint density at radius 2 is 2.50 bits per heavy atom. The molecule has 0 aromatic carbocycles. The first-order valence-corrected chi connectivity index (χ1v) is 5.15. The number of halogens is 1. The number of hydrogen-bond donors (Lipinski definition) is 1. The third-order valence-corrected chi connectivity index (χ3v) is 2.83. The van der Waals surface area contributed by atoms with Gasteiger partial charge < -0.3 is 10.0 Å². The van der Waals surface area contributed by atoms with Crippen molar-refractivity contribution in [3.8, 4) is 0 Å². The second kappa shape index (κ2) is 4.15. The molecule has 1 aliphatic rings. The fourth-order valence-corrected chi connectivity index (χ4v) is 1.97. The molecule has 2 heterocycles. The maximum atomic E-state index is 9.02. The van der Waals surface area contributed by atoms with Crippen LogP contribution in [0.25, 0.3) is 0 Å². The molecule has 0 unspecified atom stereocenters. The summed E-state index contributed by atoms with van der Waals surface area (Å²) in [5, 5.41) is 9.54. The Morgan fingerprint density at radius 1 is 1.64 bits per heavy atom. The van der Waals surface area contributed by atoms with Crippen LogP contribution < -0.4 is 4.90 Å². The zero-order valence-corrected chi connectivity index (χ0v) is 8.61. The highest BCUT2D eigenvalue weighted by Crippen LogP contribution is 2.24. The molecule has 2 rings (SSSR count). The standard InChI is InChI=1S/C10H13ClN2O/c11-10-5-9(1-3-12-10)13-4-2-8(6-13)7-14/h1,3,5,8,14H,2,4,6-7H2/t8-/m1/s1. The number of aliphatic hydroxyl groups is 1. The molecule has 1 aromatic rings. The molecule has 0 bridgehead atoms. The molecule has 14 heavy (non-hydrogen) atoms. The Kier molecular flexibility index (Phi) is 2.89. The van der Waals surface area contributed by atoms with Crippen LogP contribution in [0.4, 0.5) is 5.69 Å². The van der Waals surface area contributed by atoms with Crippen molar-refractivity contribution in [3.05, 3.63) is 23.5 Å². The lowest BCUT2D eigenvalue weighted by molar-refractivity contribution is 0.238. The van der Waals surface area contributed by atoms with Crippen LogP contribution in [-0.4, -0.2) is 29.8 Å². The minimum absolute atomic E-state index is 0.273. The minimum atomic E-state index is 0.273. The molecule has 0 saturated carbocycles. The van der Waals surface area contributed by atoms with Crippen LogP contribution in [0.2, 0.25) is 5.15 Å². The number of aliphatic hydroxyl groups excluding tert-OH is 1. The van der Waals surface area contributed by atoms with E-state index in [0.29, 0.717) is 11.1 Å². The van der Waals surface area contributed by atoms with Gasteiger partial charge in [-0.3, -0.25) is 0 Å². The molecule has 1 N–H and O–H groups in total. The van der Waals surface area contributed by atoms with Gasteiger partial charge in [-0.15, -0.1) is 0 Å². The summed E-state index contributed by atoms with van der Waals surface area (Å²) < 4.78 is 0. The largest absolute Gasteiger partial charge is 0.396 e. The summed E-state index contributed by atoms with van der Waals surface area (Å²) in [5.74, 6) is 0.405. The van der Waals surface area contributed by atoms with Gasteiger partial charge in [0.15, 0.2) is 0 Å². The van der Waals surface area contributed by atoms with Crippen LogP contribution in [0, 0.1) is 5.92 Å². The normalized spacial score (nSPS) is 21.6. The van der Waals surface area contributed by atoms with Crippen molar-refractivity contribution in [2.75, 3.05) is 24.6 Å². The summed E-state index contributed by atoms with van der Waals surface area (Å²) in [7, 11) is 0. The lowest BCUT2D eigenvalue weighted by Gasteiger charge is -2.18. The molecule has 0 amide bonds. The maximum absolute atomic E-state index is 9.02. The van der Waals surface area contributed by atoms with Gasteiger partial charge in [-0.25, -0.2) is 4.98 Å². The first kappa shape index (κ1) is 9.74. The zero-order valence-electron chi connectivity index (χ0n) is 7.86. The Morgan fingerprint density at radius 3 is 3.14 bits per heavy atom. The monoisotopic (exact) mass is 212 g/mol. The third kappa shape index (κ3) is 1.99. The van der Waals surface area contributed by atoms with Crippen molar-refractivity contribution in [1.82, 2.24) is 4.98 Å². The Hall–Kier alpha value is -0.800. The second-order valence-electron chi connectivity index (χ2n) is 3.62. The molecule has 1 fully saturated rings. The quantitative estimate of drug-likeness (QED) is 0.756. The number of pyridine rings is 1. The number of rotatable bonds is 2. The summed E-state index contributed by atoms with van der Waals surface area (Å²) in [4.78, 5) is 6.17. The van der Waals surface area contributed by atoms with E-state index in [1.54, 1.807) is 6.20 Å². The summed E-state index contributed by atoms with van der Waals surface area (Å²) >= 11 is 5.81. The number of nitrogens with zero attached hydrogens (tertiary/aromatic N) is 2. The molecule has 1 saturated heterocycles. The fourth-order valence-electron chi connectivity index (χ4n) is 1.81. The number of anilines is 1. The third-order valence-electron chi connectivity index (χ3n) is 2.62. The molecule has 1 atom stereocenters. The van der Waals surface area contributed by atoms with Crippen molar-refractivity contribution in [2.24, 2.45) is 5.92 Å². The molecular formula is C10H13ClN2O. The van der Waals surface area contributed by atoms with Gasteiger partial charge in [0.1, 0.15) is 5.15 Å². The van der Waals surface area contributed by atoms with E-state index in [9.17, 15) is 0 Å². The lowest BCUT2D eigenvalue weighted by atomic mass is 10.1. The average molecular weight is 213 g/mol. The van der Waals surface area contributed by atoms with Crippen LogP contribution in [0.15, 0.2) is 18.3 Å². The predicted octanol–water partition coefficient (Wildman–Crippen LogP) is 1.55. The van der Waals surface area contributed by atoms with Crippen molar-refractivity contribution in [1.29, 1.82) is 0 Å². The van der Waals surface area contributed by atoms with E-state index in [0.717, 1.165) is 25.2 Å². The first-order chi connectivity index (χ1) is 6.79. The summed E-state index contributed by atoms with van der Waals surface area (Å²) in [6, 6.07) is 3.81. The maximum Gasteiger partial charge on any atom is 0.131 e. The van der Waals surface area contributed by atoms with Crippen LogP contribution in [0.5, 0.6) is 0 Å². The van der Waals surface area contributed by atoms with E-state index in [1.165, 1.54) is 0 Å². The second-order valence-corrected chi connectivity index (χ2v) is 4.01. The van der Waals surface area contributed by atoms with Gasteiger partial charge in [0.2, 0.25) is 0 Å². The van der Waals surface area contributed by atoms with Gasteiger partial charge in [0.05, 0.1) is 0 Å². The molecule has 1 aromatic heterocycles. The van der Waals surface area contributed by atoms with Crippen LogP contribution in [-0.2, 0) is 0 Å². The van der Waals surface area contributed by atoms with E-state index in [2.05, 4.69) is 9.88 Å². The van der Waals surface area contributed by atoms with Gasteiger partial charge in [0.25, 0.3) is 0 Å². The van der Waals surface area contributed by atoms with Crippen molar-refractivity contribution in [2.45, 2.75) is 6.42 Å². The summed E-state index contributed by atoms with van der Waals surface area (Å²) in [6.45, 7) is 2.18. The average Bonchev–Trinajstić information content (AvgIpc) is 2.66. The fraction of sp³-hybridized carbons (Fsp3) is 0.500. The SMILES string of the molecule is OC[C@@H]1CCN(c2ccnc(Cl)c2)C1. The first-order valence-electron chi connectivity index (χ1n) is 4.77. The number of aromatic nitrogens is 1. The summed E-state index contributed by atoms with van der Waals surface area (Å²) in [5.41, 5.74) is 1.10. The Balaban J connectivity index is 2.09. The van der Waals surface area contributed by atoms with Gasteiger partial charge in [-0.2, -0.15) is 0 Å². The lowest BCUT2D eigenvalue weighted by Crippen LogP contribution is -2.20. The van der Waals surface area contributed by atoms with E-state index in [4.69, 9.17) is 16.7 Å². The topological polar surface area (TPSA) is 36.4 Å². The highest BCUT2D eigenvalue weighted by atomic mass is 35.5. The van der Waals surface area contributed by atoms with Crippen LogP contribution in [0.3, 0.4) is 0 Å². The summed E-state index contributed by atoms with van der Waals surface area (Å²) in [6.07, 6.45) is 2.76. The van der Waals surface area contributed by atoms with E-state index >= 15 is 0 Å². The molecule has 0 aliphatic carbocycles. The van der Waals surface area contributed by atoms with Crippen LogP contribution in [0.1, 0.15) is 6.42 Å². The molecular weight excluding hydrogens is 200 g/mol. The van der Waals surface area contributed by atoms with Crippen LogP contribution >= 0.6 is 11.6 Å².